The van der Waals surface area contributed by atoms with Crippen molar-refractivity contribution < 1.29 is 23.4 Å². The maximum atomic E-state index is 14.2. The fraction of sp³-hybridized carbons (Fsp3) is 0.290. The van der Waals surface area contributed by atoms with E-state index in [4.69, 9.17) is 19.6 Å². The number of ether oxygens (including phenoxy) is 3. The summed E-state index contributed by atoms with van der Waals surface area (Å²) in [5.41, 5.74) is 4.70. The van der Waals surface area contributed by atoms with Crippen molar-refractivity contribution in [3.8, 4) is 28.4 Å². The molecule has 0 fully saturated rings. The Morgan fingerprint density at radius 2 is 1.62 bits per heavy atom. The van der Waals surface area contributed by atoms with Crippen LogP contribution in [0.3, 0.4) is 0 Å². The lowest BCUT2D eigenvalue weighted by Crippen LogP contribution is -2.35. The van der Waals surface area contributed by atoms with Crippen molar-refractivity contribution in [2.24, 2.45) is 7.05 Å². The first-order valence-electron chi connectivity index (χ1n) is 13.0. The van der Waals surface area contributed by atoms with Crippen molar-refractivity contribution in [3.05, 3.63) is 94.6 Å². The molecule has 0 unspecified atom stereocenters. The molecule has 1 aliphatic rings. The van der Waals surface area contributed by atoms with Crippen molar-refractivity contribution in [2.75, 3.05) is 20.8 Å². The number of nitrogens with one attached hydrogen (secondary N) is 1. The molecule has 1 aliphatic heterocycles. The van der Waals surface area contributed by atoms with Crippen LogP contribution in [0.15, 0.2) is 60.9 Å². The summed E-state index contributed by atoms with van der Waals surface area (Å²) >= 11 is 0. The minimum absolute atomic E-state index is 0.173. The minimum Gasteiger partial charge on any atom is -0.497 e. The van der Waals surface area contributed by atoms with Gasteiger partial charge in [0.2, 0.25) is 5.62 Å². The number of carbonyl (C=O) groups excluding carboxylic acids is 1. The number of hydrogen-bond acceptors (Lipinski definition) is 5. The Morgan fingerprint density at radius 1 is 0.950 bits per heavy atom. The van der Waals surface area contributed by atoms with Gasteiger partial charge < -0.3 is 28.2 Å². The molecule has 1 amide bonds. The van der Waals surface area contributed by atoms with Gasteiger partial charge in [0.05, 0.1) is 32.9 Å². The van der Waals surface area contributed by atoms with Gasteiger partial charge in [0, 0.05) is 37.6 Å². The summed E-state index contributed by atoms with van der Waals surface area (Å²) in [4.78, 5) is 15.9. The molecule has 9 heteroatoms. The monoisotopic (exact) mass is 544 g/mol. The average Bonchev–Trinajstić information content (AvgIpc) is 3.18. The van der Waals surface area contributed by atoms with Crippen LogP contribution in [0, 0.1) is 18.2 Å². The summed E-state index contributed by atoms with van der Waals surface area (Å²) in [5.74, 6) is 1.26. The lowest BCUT2D eigenvalue weighted by Gasteiger charge is -2.23. The predicted molar refractivity (Wildman–Crippen MR) is 149 cm³/mol. The molecule has 8 nitrogen and oxygen atoms in total. The van der Waals surface area contributed by atoms with Gasteiger partial charge in [-0.3, -0.25) is 10.2 Å². The number of benzene rings is 3. The highest BCUT2D eigenvalue weighted by atomic mass is 19.1. The standard InChI is InChI=1S/C31H33FN4O4/c1-19-10-23(32)6-7-26(19)27-13-22(17-35-9-8-34(3)31(35)33)14-28-29(27)40-20(2)16-36(30(28)37)18-21-11-24(38-4)15-25(12-21)39-5/h6-15,20,33H,16-18H2,1-5H3/t20-/m1/s1. The third kappa shape index (κ3) is 5.32. The first-order valence-corrected chi connectivity index (χ1v) is 13.0. The molecule has 0 bridgehead atoms. The molecule has 4 aromatic rings. The van der Waals surface area contributed by atoms with Crippen molar-refractivity contribution in [3.63, 3.8) is 0 Å². The summed E-state index contributed by atoms with van der Waals surface area (Å²) in [6, 6.07) is 14.0. The number of nitrogens with zero attached hydrogens (tertiary/aromatic N) is 3. The second-order valence-electron chi connectivity index (χ2n) is 10.2. The topological polar surface area (TPSA) is 81.7 Å². The molecule has 40 heavy (non-hydrogen) atoms. The van der Waals surface area contributed by atoms with Gasteiger partial charge in [0.15, 0.2) is 0 Å². The van der Waals surface area contributed by atoms with Crippen molar-refractivity contribution in [1.29, 1.82) is 5.41 Å². The molecular formula is C31H33FN4O4. The van der Waals surface area contributed by atoms with Gasteiger partial charge in [-0.2, -0.15) is 0 Å². The van der Waals surface area contributed by atoms with Crippen LogP contribution in [-0.2, 0) is 20.1 Å². The summed E-state index contributed by atoms with van der Waals surface area (Å²) in [6.07, 6.45) is 3.35. The number of hydrogen-bond donors (Lipinski definition) is 1. The number of rotatable bonds is 7. The number of fused-ring (bicyclic) bond motifs is 1. The molecule has 0 spiro atoms. The smallest absolute Gasteiger partial charge is 0.258 e. The molecule has 1 N–H and O–H groups in total. The lowest BCUT2D eigenvalue weighted by atomic mass is 9.94. The number of aromatic nitrogens is 2. The van der Waals surface area contributed by atoms with E-state index >= 15 is 0 Å². The van der Waals surface area contributed by atoms with E-state index in [0.29, 0.717) is 48.1 Å². The summed E-state index contributed by atoms with van der Waals surface area (Å²) in [6.45, 7) is 4.86. The molecule has 5 rings (SSSR count). The number of methoxy groups -OCH3 is 2. The van der Waals surface area contributed by atoms with Gasteiger partial charge in [0.1, 0.15) is 29.2 Å². The first kappa shape index (κ1) is 27.1. The van der Waals surface area contributed by atoms with E-state index in [1.807, 2.05) is 57.6 Å². The van der Waals surface area contributed by atoms with Crippen molar-refractivity contribution >= 4 is 5.91 Å². The maximum absolute atomic E-state index is 14.2. The van der Waals surface area contributed by atoms with E-state index in [1.54, 1.807) is 40.4 Å². The van der Waals surface area contributed by atoms with Gasteiger partial charge in [-0.1, -0.05) is 6.07 Å². The zero-order valence-corrected chi connectivity index (χ0v) is 23.3. The summed E-state index contributed by atoms with van der Waals surface area (Å²) in [5, 5.41) is 8.38. The largest absolute Gasteiger partial charge is 0.497 e. The van der Waals surface area contributed by atoms with Crippen LogP contribution in [0.25, 0.3) is 11.1 Å². The predicted octanol–water partition coefficient (Wildman–Crippen LogP) is 4.91. The van der Waals surface area contributed by atoms with Crippen LogP contribution in [0.5, 0.6) is 17.2 Å². The Morgan fingerprint density at radius 3 is 2.25 bits per heavy atom. The fourth-order valence-electron chi connectivity index (χ4n) is 5.16. The Kier molecular flexibility index (Phi) is 7.38. The van der Waals surface area contributed by atoms with E-state index in [9.17, 15) is 9.18 Å². The average molecular weight is 545 g/mol. The zero-order valence-electron chi connectivity index (χ0n) is 23.3. The van der Waals surface area contributed by atoms with E-state index < -0.39 is 0 Å². The molecular weight excluding hydrogens is 511 g/mol. The molecule has 0 saturated carbocycles. The SMILES string of the molecule is COc1cc(CN2C[C@@H](C)Oc3c(cc(Cn4ccn(C)c4=N)cc3-c3ccc(F)cc3C)C2=O)cc(OC)c1. The second kappa shape index (κ2) is 10.9. The first-order chi connectivity index (χ1) is 19.2. The molecule has 0 saturated heterocycles. The van der Waals surface area contributed by atoms with Crippen LogP contribution >= 0.6 is 0 Å². The fourth-order valence-corrected chi connectivity index (χ4v) is 5.16. The second-order valence-corrected chi connectivity index (χ2v) is 10.2. The Labute approximate surface area is 232 Å². The summed E-state index contributed by atoms with van der Waals surface area (Å²) in [7, 11) is 5.00. The van der Waals surface area contributed by atoms with Gasteiger partial charge in [-0.15, -0.1) is 0 Å². The molecule has 2 heterocycles. The molecule has 3 aromatic carbocycles. The van der Waals surface area contributed by atoms with Gasteiger partial charge in [-0.25, -0.2) is 4.39 Å². The number of aryl methyl sites for hydroxylation is 2. The highest BCUT2D eigenvalue weighted by Crippen LogP contribution is 2.40. The highest BCUT2D eigenvalue weighted by Gasteiger charge is 2.30. The quantitative estimate of drug-likeness (QED) is 0.359. The molecule has 1 aromatic heterocycles. The number of imidazole rings is 1. The Hall–Kier alpha value is -4.53. The minimum atomic E-state index is -0.326. The number of carbonyl (C=O) groups is 1. The third-order valence-electron chi connectivity index (χ3n) is 7.16. The Bertz CT molecular complexity index is 1620. The third-order valence-corrected chi connectivity index (χ3v) is 7.16. The molecule has 1 atom stereocenters. The highest BCUT2D eigenvalue weighted by molar-refractivity contribution is 6.00. The van der Waals surface area contributed by atoms with Gasteiger partial charge in [-0.05, 0) is 72.5 Å². The number of halogens is 1. The van der Waals surface area contributed by atoms with Crippen molar-refractivity contribution in [1.82, 2.24) is 14.0 Å². The Balaban J connectivity index is 1.63. The summed E-state index contributed by atoms with van der Waals surface area (Å²) < 4.78 is 34.8. The van der Waals surface area contributed by atoms with E-state index in [1.165, 1.54) is 12.1 Å². The van der Waals surface area contributed by atoms with Crippen LogP contribution < -0.4 is 19.8 Å². The van der Waals surface area contributed by atoms with Crippen LogP contribution in [-0.4, -0.2) is 46.8 Å². The van der Waals surface area contributed by atoms with E-state index in [-0.39, 0.29) is 17.8 Å². The van der Waals surface area contributed by atoms with Gasteiger partial charge in [0.25, 0.3) is 5.91 Å². The normalized spacial score (nSPS) is 14.9. The van der Waals surface area contributed by atoms with Crippen LogP contribution in [0.1, 0.15) is 34.0 Å². The van der Waals surface area contributed by atoms with Crippen LogP contribution in [0.4, 0.5) is 4.39 Å². The van der Waals surface area contributed by atoms with Crippen LogP contribution in [0.2, 0.25) is 0 Å². The molecule has 0 aliphatic carbocycles. The van der Waals surface area contributed by atoms with Crippen molar-refractivity contribution in [2.45, 2.75) is 33.0 Å². The zero-order chi connectivity index (χ0) is 28.6. The van der Waals surface area contributed by atoms with E-state index in [2.05, 4.69) is 0 Å². The molecule has 0 radical (unpaired) electrons. The van der Waals surface area contributed by atoms with E-state index in [0.717, 1.165) is 27.8 Å². The molecule has 208 valence electrons. The lowest BCUT2D eigenvalue weighted by molar-refractivity contribution is 0.0706. The maximum Gasteiger partial charge on any atom is 0.258 e. The van der Waals surface area contributed by atoms with Gasteiger partial charge >= 0.3 is 0 Å². The number of amides is 1.